The number of aromatic hydroxyl groups is 1. The Balaban J connectivity index is 2.37. The highest BCUT2D eigenvalue weighted by atomic mass is 16.5. The van der Waals surface area contributed by atoms with Gasteiger partial charge in [0.2, 0.25) is 17.4 Å². The zero-order valence-corrected chi connectivity index (χ0v) is 7.68. The Morgan fingerprint density at radius 1 is 1.27 bits per heavy atom. The number of aliphatic hydroxyl groups excluding tert-OH is 1. The van der Waals surface area contributed by atoms with Gasteiger partial charge in [0.05, 0.1) is 0 Å². The number of nitrogens with two attached hydrogens (primary N) is 1. The number of carbonyl (C=O) groups is 1. The summed E-state index contributed by atoms with van der Waals surface area (Å²) in [5, 5.41) is 18.7. The number of para-hydroxylation sites is 1. The van der Waals surface area contributed by atoms with Crippen LogP contribution in [0.15, 0.2) is 35.9 Å². The quantitative estimate of drug-likeness (QED) is 0.630. The number of Topliss-reactive ketones (excluding diaryl/α,β-unsaturated/α-hetero) is 1. The molecule has 1 heterocycles. The molecule has 78 valence electrons. The highest BCUT2D eigenvalue weighted by Gasteiger charge is 2.36. The first-order chi connectivity index (χ1) is 7.11. The molecule has 1 aromatic rings. The van der Waals surface area contributed by atoms with Crippen LogP contribution in [0.1, 0.15) is 11.7 Å². The number of rotatable bonds is 1. The Bertz CT molecular complexity index is 452. The van der Waals surface area contributed by atoms with E-state index in [0.29, 0.717) is 0 Å². The zero-order valence-electron chi connectivity index (χ0n) is 7.68. The molecule has 5 nitrogen and oxygen atoms in total. The molecule has 1 atom stereocenters. The average molecular weight is 207 g/mol. The normalized spacial score (nSPS) is 20.5. The molecule has 0 bridgehead atoms. The van der Waals surface area contributed by atoms with Crippen LogP contribution in [0.3, 0.4) is 0 Å². The first-order valence-electron chi connectivity index (χ1n) is 4.28. The number of carbonyl (C=O) groups excluding carboxylic acids is 1. The average Bonchev–Trinajstić information content (AvgIpc) is 2.47. The van der Waals surface area contributed by atoms with Gasteiger partial charge in [0.25, 0.3) is 0 Å². The van der Waals surface area contributed by atoms with Gasteiger partial charge in [-0.25, -0.2) is 0 Å². The molecule has 0 saturated carbocycles. The third kappa shape index (κ3) is 1.38. The minimum Gasteiger partial charge on any atom is -0.508 e. The van der Waals surface area contributed by atoms with Gasteiger partial charge in [-0.1, -0.05) is 18.2 Å². The summed E-state index contributed by atoms with van der Waals surface area (Å²) >= 11 is 0. The predicted octanol–water partition coefficient (Wildman–Crippen LogP) is 0.718. The van der Waals surface area contributed by atoms with E-state index < -0.39 is 17.6 Å². The van der Waals surface area contributed by atoms with Crippen molar-refractivity contribution in [3.63, 3.8) is 0 Å². The van der Waals surface area contributed by atoms with E-state index in [1.54, 1.807) is 12.1 Å². The van der Waals surface area contributed by atoms with Crippen molar-refractivity contribution in [2.24, 2.45) is 5.73 Å². The maximum absolute atomic E-state index is 11.4. The second kappa shape index (κ2) is 3.20. The molecular weight excluding hydrogens is 198 g/mol. The number of phenols is 1. The van der Waals surface area contributed by atoms with Crippen molar-refractivity contribution < 1.29 is 19.7 Å². The van der Waals surface area contributed by atoms with Crippen LogP contribution >= 0.6 is 0 Å². The molecule has 0 fully saturated rings. The first-order valence-corrected chi connectivity index (χ1v) is 4.28. The van der Waals surface area contributed by atoms with E-state index in [1.165, 1.54) is 12.1 Å². The predicted molar refractivity (Wildman–Crippen MR) is 50.8 cm³/mol. The van der Waals surface area contributed by atoms with Crippen molar-refractivity contribution in [3.8, 4) is 5.75 Å². The van der Waals surface area contributed by atoms with E-state index in [1.807, 2.05) is 0 Å². The van der Waals surface area contributed by atoms with E-state index in [0.717, 1.165) is 0 Å². The molecule has 0 aliphatic carbocycles. The molecule has 0 radical (unpaired) electrons. The summed E-state index contributed by atoms with van der Waals surface area (Å²) in [7, 11) is 0. The molecule has 0 amide bonds. The molecule has 4 N–H and O–H groups in total. The van der Waals surface area contributed by atoms with Gasteiger partial charge in [-0.15, -0.1) is 0 Å². The van der Waals surface area contributed by atoms with Crippen LogP contribution in [0.4, 0.5) is 0 Å². The summed E-state index contributed by atoms with van der Waals surface area (Å²) in [5.41, 5.74) is 5.54. The third-order valence-electron chi connectivity index (χ3n) is 2.17. The van der Waals surface area contributed by atoms with E-state index in [-0.39, 0.29) is 17.2 Å². The fraction of sp³-hybridized carbons (Fsp3) is 0.100. The number of hydrogen-bond donors (Lipinski definition) is 3. The topological polar surface area (TPSA) is 92.8 Å². The van der Waals surface area contributed by atoms with Crippen LogP contribution in [0.25, 0.3) is 0 Å². The Morgan fingerprint density at radius 3 is 2.47 bits per heavy atom. The second-order valence-corrected chi connectivity index (χ2v) is 3.13. The van der Waals surface area contributed by atoms with Crippen LogP contribution in [-0.2, 0) is 9.53 Å². The van der Waals surface area contributed by atoms with E-state index >= 15 is 0 Å². The maximum atomic E-state index is 11.4. The number of ketones is 1. The number of hydrogen-bond acceptors (Lipinski definition) is 5. The van der Waals surface area contributed by atoms with Gasteiger partial charge >= 0.3 is 0 Å². The van der Waals surface area contributed by atoms with Gasteiger partial charge in [-0.3, -0.25) is 4.79 Å². The molecule has 1 aliphatic rings. The summed E-state index contributed by atoms with van der Waals surface area (Å²) < 4.78 is 4.95. The second-order valence-electron chi connectivity index (χ2n) is 3.13. The molecular formula is C10H9NO4. The van der Waals surface area contributed by atoms with Crippen molar-refractivity contribution in [2.45, 2.75) is 6.10 Å². The number of ether oxygens (including phenoxy) is 1. The van der Waals surface area contributed by atoms with Gasteiger partial charge in [-0.05, 0) is 6.07 Å². The van der Waals surface area contributed by atoms with Crippen molar-refractivity contribution in [1.82, 2.24) is 0 Å². The molecule has 2 rings (SSSR count). The number of phenolic OH excluding ortho intramolecular Hbond substituents is 1. The highest BCUT2D eigenvalue weighted by Crippen LogP contribution is 2.34. The molecule has 0 aromatic heterocycles. The molecule has 1 aliphatic heterocycles. The van der Waals surface area contributed by atoms with Crippen LogP contribution in [0, 0.1) is 0 Å². The Labute approximate surface area is 85.4 Å². The lowest BCUT2D eigenvalue weighted by molar-refractivity contribution is -0.123. The van der Waals surface area contributed by atoms with E-state index in [2.05, 4.69) is 0 Å². The van der Waals surface area contributed by atoms with E-state index in [9.17, 15) is 15.0 Å². The van der Waals surface area contributed by atoms with Crippen molar-refractivity contribution in [1.29, 1.82) is 0 Å². The van der Waals surface area contributed by atoms with Crippen molar-refractivity contribution in [3.05, 3.63) is 41.5 Å². The van der Waals surface area contributed by atoms with Crippen LogP contribution in [0.2, 0.25) is 0 Å². The fourth-order valence-corrected chi connectivity index (χ4v) is 1.40. The summed E-state index contributed by atoms with van der Waals surface area (Å²) in [4.78, 5) is 11.4. The smallest absolute Gasteiger partial charge is 0.247 e. The Kier molecular flexibility index (Phi) is 2.00. The maximum Gasteiger partial charge on any atom is 0.247 e. The lowest BCUT2D eigenvalue weighted by Crippen LogP contribution is -2.09. The number of aliphatic hydroxyl groups is 1. The van der Waals surface area contributed by atoms with Gasteiger partial charge in [-0.2, -0.15) is 0 Å². The summed E-state index contributed by atoms with van der Waals surface area (Å²) in [5.74, 6) is -1.62. The Hall–Kier alpha value is -2.17. The SMILES string of the molecule is NC1=C(O)C(=O)[C@@H](c2ccccc2O)O1. The lowest BCUT2D eigenvalue weighted by atomic mass is 10.0. The largest absolute Gasteiger partial charge is 0.508 e. The molecule has 0 spiro atoms. The minimum absolute atomic E-state index is 0.0710. The molecule has 0 unspecified atom stereocenters. The van der Waals surface area contributed by atoms with Gasteiger partial charge in [0, 0.05) is 5.56 Å². The summed E-state index contributed by atoms with van der Waals surface area (Å²) in [6, 6.07) is 6.23. The fourth-order valence-electron chi connectivity index (χ4n) is 1.40. The van der Waals surface area contributed by atoms with Crippen LogP contribution < -0.4 is 5.73 Å². The lowest BCUT2D eigenvalue weighted by Gasteiger charge is -2.10. The first kappa shape index (κ1) is 9.39. The van der Waals surface area contributed by atoms with Crippen molar-refractivity contribution >= 4 is 5.78 Å². The third-order valence-corrected chi connectivity index (χ3v) is 2.17. The molecule has 1 aromatic carbocycles. The molecule has 5 heteroatoms. The van der Waals surface area contributed by atoms with Gasteiger partial charge < -0.3 is 20.7 Å². The molecule has 0 saturated heterocycles. The molecule has 15 heavy (non-hydrogen) atoms. The van der Waals surface area contributed by atoms with Crippen LogP contribution in [-0.4, -0.2) is 16.0 Å². The van der Waals surface area contributed by atoms with Gasteiger partial charge in [0.1, 0.15) is 5.75 Å². The minimum atomic E-state index is -1.05. The summed E-state index contributed by atoms with van der Waals surface area (Å²) in [6.07, 6.45) is -1.05. The monoisotopic (exact) mass is 207 g/mol. The zero-order chi connectivity index (χ0) is 11.0. The van der Waals surface area contributed by atoms with Gasteiger partial charge in [0.15, 0.2) is 6.10 Å². The standard InChI is InChI=1S/C10H9NO4/c11-10-8(14)7(13)9(15-10)5-3-1-2-4-6(5)12/h1-4,9,12,14H,11H2/t9-/m1/s1. The van der Waals surface area contributed by atoms with Crippen LogP contribution in [0.5, 0.6) is 5.75 Å². The Morgan fingerprint density at radius 2 is 1.93 bits per heavy atom. The number of benzene rings is 1. The van der Waals surface area contributed by atoms with Crippen molar-refractivity contribution in [2.75, 3.05) is 0 Å². The summed E-state index contributed by atoms with van der Waals surface area (Å²) in [6.45, 7) is 0. The van der Waals surface area contributed by atoms with E-state index in [4.69, 9.17) is 10.5 Å². The highest BCUT2D eigenvalue weighted by molar-refractivity contribution is 5.99.